The highest BCUT2D eigenvalue weighted by atomic mass is 16.4. The zero-order valence-corrected chi connectivity index (χ0v) is 6.49. The van der Waals surface area contributed by atoms with E-state index in [0.29, 0.717) is 0 Å². The van der Waals surface area contributed by atoms with E-state index in [-0.39, 0.29) is 0 Å². The van der Waals surface area contributed by atoms with Crippen LogP contribution in [-0.2, 0) is 6.42 Å². The molecule has 1 N–H and O–H groups in total. The summed E-state index contributed by atoms with van der Waals surface area (Å²) in [4.78, 5) is 0. The standard InChI is InChI=1S/C9H11NO/c1-2-8-5-3-4-6-9(8)7-10-11/h3-7,11H,2H2,1H3/b10-7+. The summed E-state index contributed by atoms with van der Waals surface area (Å²) in [7, 11) is 0. The largest absolute Gasteiger partial charge is 0.411 e. The lowest BCUT2D eigenvalue weighted by Gasteiger charge is -1.99. The summed E-state index contributed by atoms with van der Waals surface area (Å²) in [5, 5.41) is 11.3. The summed E-state index contributed by atoms with van der Waals surface area (Å²) in [5.74, 6) is 0. The molecule has 0 aliphatic rings. The summed E-state index contributed by atoms with van der Waals surface area (Å²) in [6, 6.07) is 7.86. The van der Waals surface area contributed by atoms with Crippen LogP contribution in [0.1, 0.15) is 18.1 Å². The first-order valence-electron chi connectivity index (χ1n) is 3.63. The summed E-state index contributed by atoms with van der Waals surface area (Å²) < 4.78 is 0. The molecule has 0 bridgehead atoms. The van der Waals surface area contributed by atoms with Crippen LogP contribution in [0.2, 0.25) is 0 Å². The number of rotatable bonds is 2. The Balaban J connectivity index is 3.02. The zero-order valence-electron chi connectivity index (χ0n) is 6.49. The quantitative estimate of drug-likeness (QED) is 0.389. The van der Waals surface area contributed by atoms with Crippen LogP contribution in [-0.4, -0.2) is 11.4 Å². The molecule has 58 valence electrons. The molecule has 0 atom stereocenters. The zero-order chi connectivity index (χ0) is 8.10. The first-order chi connectivity index (χ1) is 5.38. The van der Waals surface area contributed by atoms with Gasteiger partial charge in [-0.15, -0.1) is 0 Å². The lowest BCUT2D eigenvalue weighted by atomic mass is 10.1. The Morgan fingerprint density at radius 2 is 2.18 bits per heavy atom. The van der Waals surface area contributed by atoms with Crippen molar-refractivity contribution >= 4 is 6.21 Å². The van der Waals surface area contributed by atoms with Crippen LogP contribution >= 0.6 is 0 Å². The fourth-order valence-electron chi connectivity index (χ4n) is 1.04. The average Bonchev–Trinajstić information content (AvgIpc) is 2.06. The molecule has 0 saturated heterocycles. The lowest BCUT2D eigenvalue weighted by Crippen LogP contribution is -1.89. The van der Waals surface area contributed by atoms with Crippen molar-refractivity contribution in [3.05, 3.63) is 35.4 Å². The van der Waals surface area contributed by atoms with Gasteiger partial charge in [-0.3, -0.25) is 0 Å². The first kappa shape index (κ1) is 7.79. The van der Waals surface area contributed by atoms with Gasteiger partial charge < -0.3 is 5.21 Å². The molecular formula is C9H11NO. The summed E-state index contributed by atoms with van der Waals surface area (Å²) in [6.07, 6.45) is 2.42. The van der Waals surface area contributed by atoms with E-state index in [0.717, 1.165) is 12.0 Å². The van der Waals surface area contributed by atoms with Crippen LogP contribution in [0.15, 0.2) is 29.4 Å². The minimum atomic E-state index is 0.961. The predicted molar refractivity (Wildman–Crippen MR) is 45.2 cm³/mol. The maximum absolute atomic E-state index is 8.31. The van der Waals surface area contributed by atoms with Gasteiger partial charge in [-0.05, 0) is 17.5 Å². The van der Waals surface area contributed by atoms with Gasteiger partial charge in [-0.1, -0.05) is 36.3 Å². The highest BCUT2D eigenvalue weighted by molar-refractivity contribution is 5.81. The van der Waals surface area contributed by atoms with Crippen LogP contribution in [0.4, 0.5) is 0 Å². The molecule has 1 aromatic rings. The maximum atomic E-state index is 8.31. The van der Waals surface area contributed by atoms with Gasteiger partial charge in [-0.2, -0.15) is 0 Å². The van der Waals surface area contributed by atoms with Crippen LogP contribution < -0.4 is 0 Å². The Bertz CT molecular complexity index is 255. The second kappa shape index (κ2) is 3.76. The van der Waals surface area contributed by atoms with E-state index in [9.17, 15) is 0 Å². The van der Waals surface area contributed by atoms with Gasteiger partial charge in [0.15, 0.2) is 0 Å². The number of aryl methyl sites for hydroxylation is 1. The van der Waals surface area contributed by atoms with E-state index in [2.05, 4.69) is 12.1 Å². The molecule has 11 heavy (non-hydrogen) atoms. The molecule has 1 rings (SSSR count). The van der Waals surface area contributed by atoms with Crippen molar-refractivity contribution in [2.45, 2.75) is 13.3 Å². The van der Waals surface area contributed by atoms with Crippen molar-refractivity contribution in [1.29, 1.82) is 0 Å². The van der Waals surface area contributed by atoms with E-state index >= 15 is 0 Å². The van der Waals surface area contributed by atoms with Crippen molar-refractivity contribution in [3.63, 3.8) is 0 Å². The Kier molecular flexibility index (Phi) is 2.66. The summed E-state index contributed by atoms with van der Waals surface area (Å²) in [6.45, 7) is 2.07. The van der Waals surface area contributed by atoms with Gasteiger partial charge in [-0.25, -0.2) is 0 Å². The second-order valence-corrected chi connectivity index (χ2v) is 2.30. The minimum absolute atomic E-state index is 0.961. The normalized spacial score (nSPS) is 10.6. The van der Waals surface area contributed by atoms with Crippen molar-refractivity contribution < 1.29 is 5.21 Å². The molecular weight excluding hydrogens is 138 g/mol. The Morgan fingerprint density at radius 1 is 1.45 bits per heavy atom. The Hall–Kier alpha value is -1.31. The number of hydrogen-bond donors (Lipinski definition) is 1. The number of oxime groups is 1. The summed E-state index contributed by atoms with van der Waals surface area (Å²) >= 11 is 0. The fourth-order valence-corrected chi connectivity index (χ4v) is 1.04. The van der Waals surface area contributed by atoms with Crippen molar-refractivity contribution in [1.82, 2.24) is 0 Å². The van der Waals surface area contributed by atoms with E-state index < -0.39 is 0 Å². The van der Waals surface area contributed by atoms with Gasteiger partial charge in [0.25, 0.3) is 0 Å². The second-order valence-electron chi connectivity index (χ2n) is 2.30. The average molecular weight is 149 g/mol. The highest BCUT2D eigenvalue weighted by Crippen LogP contribution is 2.05. The monoisotopic (exact) mass is 149 g/mol. The topological polar surface area (TPSA) is 32.6 Å². The van der Waals surface area contributed by atoms with E-state index in [1.165, 1.54) is 11.8 Å². The molecule has 0 amide bonds. The molecule has 2 nitrogen and oxygen atoms in total. The van der Waals surface area contributed by atoms with Gasteiger partial charge in [0.05, 0.1) is 6.21 Å². The number of hydrogen-bond acceptors (Lipinski definition) is 2. The highest BCUT2D eigenvalue weighted by Gasteiger charge is 1.94. The van der Waals surface area contributed by atoms with Crippen LogP contribution in [0, 0.1) is 0 Å². The van der Waals surface area contributed by atoms with E-state index in [1.807, 2.05) is 24.3 Å². The lowest BCUT2D eigenvalue weighted by molar-refractivity contribution is 0.322. The smallest absolute Gasteiger partial charge is 0.0736 e. The fraction of sp³-hybridized carbons (Fsp3) is 0.222. The van der Waals surface area contributed by atoms with Gasteiger partial charge >= 0.3 is 0 Å². The van der Waals surface area contributed by atoms with Gasteiger partial charge in [0.2, 0.25) is 0 Å². The van der Waals surface area contributed by atoms with E-state index in [4.69, 9.17) is 5.21 Å². The Morgan fingerprint density at radius 3 is 2.82 bits per heavy atom. The number of nitrogens with zero attached hydrogens (tertiary/aromatic N) is 1. The van der Waals surface area contributed by atoms with E-state index in [1.54, 1.807) is 0 Å². The van der Waals surface area contributed by atoms with Gasteiger partial charge in [0, 0.05) is 0 Å². The van der Waals surface area contributed by atoms with Gasteiger partial charge in [0.1, 0.15) is 0 Å². The van der Waals surface area contributed by atoms with Crippen molar-refractivity contribution in [2.75, 3.05) is 0 Å². The van der Waals surface area contributed by atoms with Crippen LogP contribution in [0.5, 0.6) is 0 Å². The third-order valence-corrected chi connectivity index (χ3v) is 1.63. The third kappa shape index (κ3) is 1.80. The third-order valence-electron chi connectivity index (χ3n) is 1.63. The first-order valence-corrected chi connectivity index (χ1v) is 3.63. The molecule has 1 aromatic carbocycles. The molecule has 0 heterocycles. The van der Waals surface area contributed by atoms with Crippen LogP contribution in [0.25, 0.3) is 0 Å². The summed E-state index contributed by atoms with van der Waals surface area (Å²) in [5.41, 5.74) is 2.18. The van der Waals surface area contributed by atoms with Crippen molar-refractivity contribution in [3.8, 4) is 0 Å². The molecule has 0 fully saturated rings. The molecule has 0 spiro atoms. The molecule has 0 aliphatic heterocycles. The Labute approximate surface area is 66.2 Å². The SMILES string of the molecule is CCc1ccccc1/C=N/O. The predicted octanol–water partition coefficient (Wildman–Crippen LogP) is 2.06. The minimum Gasteiger partial charge on any atom is -0.411 e. The molecule has 2 heteroatoms. The molecule has 0 aromatic heterocycles. The molecule has 0 aliphatic carbocycles. The number of benzene rings is 1. The maximum Gasteiger partial charge on any atom is 0.0736 e. The van der Waals surface area contributed by atoms with Crippen molar-refractivity contribution in [2.24, 2.45) is 5.16 Å². The van der Waals surface area contributed by atoms with Crippen LogP contribution in [0.3, 0.4) is 0 Å². The molecule has 0 unspecified atom stereocenters. The molecule has 0 radical (unpaired) electrons. The molecule has 0 saturated carbocycles.